The minimum atomic E-state index is 0.394. The minimum absolute atomic E-state index is 0.394. The van der Waals surface area contributed by atoms with Gasteiger partial charge in [-0.25, -0.2) is 0 Å². The summed E-state index contributed by atoms with van der Waals surface area (Å²) in [7, 11) is 0. The number of halogens is 1. The Labute approximate surface area is 97.1 Å². The van der Waals surface area contributed by atoms with Crippen molar-refractivity contribution >= 4 is 11.6 Å². The molecule has 0 aliphatic heterocycles. The number of hydrogen-bond donors (Lipinski definition) is 1. The summed E-state index contributed by atoms with van der Waals surface area (Å²) in [4.78, 5) is 0. The van der Waals surface area contributed by atoms with E-state index in [2.05, 4.69) is 6.92 Å². The molecule has 84 valence electrons. The third-order valence-corrected chi connectivity index (χ3v) is 3.18. The first-order valence-electron chi connectivity index (χ1n) is 5.55. The molecule has 0 aliphatic rings. The van der Waals surface area contributed by atoms with E-state index in [1.54, 1.807) is 0 Å². The highest BCUT2D eigenvalue weighted by Gasteiger charge is 2.10. The lowest BCUT2D eigenvalue weighted by molar-refractivity contribution is 0.465. The number of phenols is 1. The molecule has 1 rings (SSSR count). The Bertz CT molecular complexity index is 345. The van der Waals surface area contributed by atoms with Crippen molar-refractivity contribution in [3.05, 3.63) is 27.8 Å². The zero-order valence-electron chi connectivity index (χ0n) is 9.73. The summed E-state index contributed by atoms with van der Waals surface area (Å²) >= 11 is 6.17. The number of aromatic hydroxyl groups is 1. The van der Waals surface area contributed by atoms with Crippen molar-refractivity contribution in [3.8, 4) is 5.75 Å². The van der Waals surface area contributed by atoms with Crippen LogP contribution in [0.5, 0.6) is 5.75 Å². The summed E-state index contributed by atoms with van der Waals surface area (Å²) in [6, 6.07) is 1.85. The van der Waals surface area contributed by atoms with Crippen molar-refractivity contribution in [3.63, 3.8) is 0 Å². The van der Waals surface area contributed by atoms with E-state index in [1.165, 1.54) is 12.8 Å². The van der Waals surface area contributed by atoms with Crippen LogP contribution in [0.25, 0.3) is 0 Å². The second kappa shape index (κ2) is 5.41. The molecular weight excluding hydrogens is 208 g/mol. The average molecular weight is 227 g/mol. The van der Waals surface area contributed by atoms with Crippen LogP contribution < -0.4 is 0 Å². The third kappa shape index (κ3) is 2.88. The van der Waals surface area contributed by atoms with Crippen LogP contribution in [0, 0.1) is 13.8 Å². The summed E-state index contributed by atoms with van der Waals surface area (Å²) in [6.07, 6.45) is 4.52. The van der Waals surface area contributed by atoms with E-state index < -0.39 is 0 Å². The molecule has 0 fully saturated rings. The maximum atomic E-state index is 9.81. The van der Waals surface area contributed by atoms with Gasteiger partial charge in [0.25, 0.3) is 0 Å². The molecule has 15 heavy (non-hydrogen) atoms. The molecule has 1 aromatic rings. The van der Waals surface area contributed by atoms with Gasteiger partial charge >= 0.3 is 0 Å². The van der Waals surface area contributed by atoms with E-state index >= 15 is 0 Å². The fourth-order valence-corrected chi connectivity index (χ4v) is 2.22. The molecule has 1 aromatic carbocycles. The molecule has 0 bridgehead atoms. The first kappa shape index (κ1) is 12.4. The van der Waals surface area contributed by atoms with Gasteiger partial charge in [0.15, 0.2) is 0 Å². The lowest BCUT2D eigenvalue weighted by Gasteiger charge is -2.12. The molecule has 0 heterocycles. The molecule has 0 unspecified atom stereocenters. The van der Waals surface area contributed by atoms with Gasteiger partial charge in [0.05, 0.1) is 0 Å². The molecule has 0 saturated heterocycles. The second-order valence-corrected chi connectivity index (χ2v) is 4.49. The van der Waals surface area contributed by atoms with E-state index in [-0.39, 0.29) is 0 Å². The predicted octanol–water partition coefficient (Wildman–Crippen LogP) is 4.40. The summed E-state index contributed by atoms with van der Waals surface area (Å²) in [6.45, 7) is 6.00. The van der Waals surface area contributed by atoms with E-state index in [9.17, 15) is 5.11 Å². The van der Waals surface area contributed by atoms with Crippen LogP contribution >= 0.6 is 11.6 Å². The van der Waals surface area contributed by atoms with Gasteiger partial charge in [0, 0.05) is 5.02 Å². The van der Waals surface area contributed by atoms with E-state index in [0.717, 1.165) is 34.6 Å². The normalized spacial score (nSPS) is 10.7. The number of rotatable bonds is 4. The Hall–Kier alpha value is -0.690. The number of unbranched alkanes of at least 4 members (excludes halogenated alkanes) is 2. The van der Waals surface area contributed by atoms with E-state index in [1.807, 2.05) is 19.9 Å². The molecule has 0 atom stereocenters. The van der Waals surface area contributed by atoms with Crippen LogP contribution in [0.1, 0.15) is 42.9 Å². The smallest absolute Gasteiger partial charge is 0.121 e. The first-order valence-corrected chi connectivity index (χ1v) is 5.93. The van der Waals surface area contributed by atoms with E-state index in [0.29, 0.717) is 5.75 Å². The maximum absolute atomic E-state index is 9.81. The van der Waals surface area contributed by atoms with Crippen LogP contribution in [0.3, 0.4) is 0 Å². The van der Waals surface area contributed by atoms with Crippen molar-refractivity contribution < 1.29 is 5.11 Å². The lowest BCUT2D eigenvalue weighted by Crippen LogP contribution is -1.94. The standard InChI is InChI=1S/C13H19ClO/c1-4-5-6-7-11-10(3)13(15)9(2)8-12(11)14/h8,15H,4-7H2,1-3H3. The highest BCUT2D eigenvalue weighted by molar-refractivity contribution is 6.31. The van der Waals surface area contributed by atoms with Crippen molar-refractivity contribution in [2.45, 2.75) is 46.5 Å². The highest BCUT2D eigenvalue weighted by atomic mass is 35.5. The van der Waals surface area contributed by atoms with Gasteiger partial charge in [-0.3, -0.25) is 0 Å². The van der Waals surface area contributed by atoms with Crippen LogP contribution in [0.4, 0.5) is 0 Å². The monoisotopic (exact) mass is 226 g/mol. The Morgan fingerprint density at radius 3 is 2.53 bits per heavy atom. The lowest BCUT2D eigenvalue weighted by atomic mass is 9.99. The zero-order valence-corrected chi connectivity index (χ0v) is 10.5. The Morgan fingerprint density at radius 2 is 1.93 bits per heavy atom. The number of benzene rings is 1. The van der Waals surface area contributed by atoms with Crippen molar-refractivity contribution in [1.82, 2.24) is 0 Å². The number of phenolic OH excluding ortho intramolecular Hbond substituents is 1. The fourth-order valence-electron chi connectivity index (χ4n) is 1.82. The van der Waals surface area contributed by atoms with Crippen molar-refractivity contribution in [1.29, 1.82) is 0 Å². The number of hydrogen-bond acceptors (Lipinski definition) is 1. The molecule has 0 aromatic heterocycles. The van der Waals surface area contributed by atoms with Gasteiger partial charge in [0.2, 0.25) is 0 Å². The van der Waals surface area contributed by atoms with Crippen LogP contribution in [-0.4, -0.2) is 5.11 Å². The van der Waals surface area contributed by atoms with Gasteiger partial charge < -0.3 is 5.11 Å². The molecule has 0 aliphatic carbocycles. The quantitative estimate of drug-likeness (QED) is 0.755. The Morgan fingerprint density at radius 1 is 1.27 bits per heavy atom. The molecule has 0 amide bonds. The summed E-state index contributed by atoms with van der Waals surface area (Å²) in [5, 5.41) is 10.6. The topological polar surface area (TPSA) is 20.2 Å². The van der Waals surface area contributed by atoms with Gasteiger partial charge in [-0.2, -0.15) is 0 Å². The molecule has 1 nitrogen and oxygen atoms in total. The van der Waals surface area contributed by atoms with E-state index in [4.69, 9.17) is 11.6 Å². The van der Waals surface area contributed by atoms with Gasteiger partial charge in [-0.1, -0.05) is 31.4 Å². The summed E-state index contributed by atoms with van der Waals surface area (Å²) in [5.74, 6) is 0.394. The third-order valence-electron chi connectivity index (χ3n) is 2.84. The van der Waals surface area contributed by atoms with Crippen molar-refractivity contribution in [2.24, 2.45) is 0 Å². The fraction of sp³-hybridized carbons (Fsp3) is 0.538. The van der Waals surface area contributed by atoms with Gasteiger partial charge in [-0.15, -0.1) is 0 Å². The van der Waals surface area contributed by atoms with Gasteiger partial charge in [-0.05, 0) is 49.4 Å². The summed E-state index contributed by atoms with van der Waals surface area (Å²) in [5.41, 5.74) is 2.90. The second-order valence-electron chi connectivity index (χ2n) is 4.08. The highest BCUT2D eigenvalue weighted by Crippen LogP contribution is 2.31. The average Bonchev–Trinajstić information content (AvgIpc) is 2.20. The Kier molecular flexibility index (Phi) is 4.46. The molecule has 0 spiro atoms. The number of aryl methyl sites for hydroxylation is 1. The Balaban J connectivity index is 2.92. The van der Waals surface area contributed by atoms with Gasteiger partial charge in [0.1, 0.15) is 5.75 Å². The SMILES string of the molecule is CCCCCc1c(Cl)cc(C)c(O)c1C. The molecule has 0 saturated carbocycles. The minimum Gasteiger partial charge on any atom is -0.507 e. The maximum Gasteiger partial charge on any atom is 0.121 e. The van der Waals surface area contributed by atoms with Crippen LogP contribution in [-0.2, 0) is 6.42 Å². The molecular formula is C13H19ClO. The molecule has 0 radical (unpaired) electrons. The first-order chi connectivity index (χ1) is 7.07. The van der Waals surface area contributed by atoms with Crippen LogP contribution in [0.15, 0.2) is 6.07 Å². The predicted molar refractivity (Wildman–Crippen MR) is 65.8 cm³/mol. The summed E-state index contributed by atoms with van der Waals surface area (Å²) < 4.78 is 0. The molecule has 2 heteroatoms. The van der Waals surface area contributed by atoms with Crippen molar-refractivity contribution in [2.75, 3.05) is 0 Å². The largest absolute Gasteiger partial charge is 0.507 e. The zero-order chi connectivity index (χ0) is 11.4. The molecule has 1 N–H and O–H groups in total. The van der Waals surface area contributed by atoms with Crippen LogP contribution in [0.2, 0.25) is 5.02 Å².